The standard InChI is InChI=1S/C21H22N6O2/c1-12-18(13(2)29-26-12)14-6-7-16-19-20(14)28-11-17(15-5-3-4-9-23-15)27(19)21(25-16)24-10-8-22/h3-7,9,17H,8,10-11,22H2,1-2H3,(H,24,25)/t17-/m1/s1. The molecule has 0 unspecified atom stereocenters. The molecule has 0 fully saturated rings. The van der Waals surface area contributed by atoms with E-state index in [0.717, 1.165) is 51.0 Å². The van der Waals surface area contributed by atoms with Crippen LogP contribution < -0.4 is 15.8 Å². The second-order valence-corrected chi connectivity index (χ2v) is 7.11. The van der Waals surface area contributed by atoms with Crippen LogP contribution in [0.4, 0.5) is 5.95 Å². The molecule has 0 spiro atoms. The third kappa shape index (κ3) is 2.75. The van der Waals surface area contributed by atoms with Crippen LogP contribution >= 0.6 is 0 Å². The summed E-state index contributed by atoms with van der Waals surface area (Å²) >= 11 is 0. The molecule has 0 saturated heterocycles. The lowest BCUT2D eigenvalue weighted by atomic mass is 10.0. The van der Waals surface area contributed by atoms with Crippen molar-refractivity contribution in [3.63, 3.8) is 0 Å². The number of benzene rings is 1. The predicted octanol–water partition coefficient (Wildman–Crippen LogP) is 3.06. The first-order chi connectivity index (χ1) is 14.2. The molecule has 4 aromatic rings. The quantitative estimate of drug-likeness (QED) is 0.540. The molecule has 8 heteroatoms. The monoisotopic (exact) mass is 390 g/mol. The van der Waals surface area contributed by atoms with Gasteiger partial charge in [-0.3, -0.25) is 9.55 Å². The molecule has 148 valence electrons. The summed E-state index contributed by atoms with van der Waals surface area (Å²) in [7, 11) is 0. The van der Waals surface area contributed by atoms with Crippen LogP contribution in [0.15, 0.2) is 41.1 Å². The van der Waals surface area contributed by atoms with E-state index in [-0.39, 0.29) is 6.04 Å². The number of hydrogen-bond acceptors (Lipinski definition) is 7. The van der Waals surface area contributed by atoms with Gasteiger partial charge in [-0.25, -0.2) is 4.98 Å². The fraction of sp³-hybridized carbons (Fsp3) is 0.286. The second-order valence-electron chi connectivity index (χ2n) is 7.11. The van der Waals surface area contributed by atoms with Gasteiger partial charge in [0.2, 0.25) is 5.95 Å². The SMILES string of the molecule is Cc1noc(C)c1-c1ccc2nc(NCCN)n3c2c1OC[C@@H]3c1ccccn1. The van der Waals surface area contributed by atoms with Crippen LogP contribution in [0.1, 0.15) is 23.2 Å². The number of aromatic nitrogens is 4. The summed E-state index contributed by atoms with van der Waals surface area (Å²) in [6.07, 6.45) is 1.80. The summed E-state index contributed by atoms with van der Waals surface area (Å²) in [5, 5.41) is 7.46. The fourth-order valence-electron chi connectivity index (χ4n) is 4.01. The Morgan fingerprint density at radius 2 is 2.14 bits per heavy atom. The van der Waals surface area contributed by atoms with Gasteiger partial charge in [0, 0.05) is 24.8 Å². The van der Waals surface area contributed by atoms with Gasteiger partial charge in [-0.15, -0.1) is 0 Å². The first-order valence-electron chi connectivity index (χ1n) is 9.65. The molecule has 1 atom stereocenters. The number of imidazole rings is 1. The van der Waals surface area contributed by atoms with Crippen molar-refractivity contribution in [1.82, 2.24) is 19.7 Å². The smallest absolute Gasteiger partial charge is 0.204 e. The van der Waals surface area contributed by atoms with Gasteiger partial charge >= 0.3 is 0 Å². The summed E-state index contributed by atoms with van der Waals surface area (Å²) in [5.74, 6) is 2.32. The number of nitrogens with zero attached hydrogens (tertiary/aromatic N) is 4. The van der Waals surface area contributed by atoms with Crippen molar-refractivity contribution in [3.8, 4) is 16.9 Å². The van der Waals surface area contributed by atoms with Gasteiger partial charge in [0.25, 0.3) is 0 Å². The lowest BCUT2D eigenvalue weighted by Gasteiger charge is -2.28. The largest absolute Gasteiger partial charge is 0.488 e. The molecule has 0 saturated carbocycles. The van der Waals surface area contributed by atoms with E-state index in [1.54, 1.807) is 6.20 Å². The first-order valence-corrected chi connectivity index (χ1v) is 9.65. The number of pyridine rings is 1. The minimum Gasteiger partial charge on any atom is -0.488 e. The lowest BCUT2D eigenvalue weighted by molar-refractivity contribution is 0.258. The minimum atomic E-state index is -0.0890. The molecule has 0 bridgehead atoms. The predicted molar refractivity (Wildman–Crippen MR) is 110 cm³/mol. The van der Waals surface area contributed by atoms with E-state index in [1.807, 2.05) is 44.2 Å². The van der Waals surface area contributed by atoms with Crippen LogP contribution in [0.2, 0.25) is 0 Å². The van der Waals surface area contributed by atoms with Crippen LogP contribution in [0.3, 0.4) is 0 Å². The molecule has 0 aliphatic carbocycles. The molecule has 4 heterocycles. The van der Waals surface area contributed by atoms with E-state index in [2.05, 4.69) is 20.0 Å². The maximum atomic E-state index is 6.32. The molecule has 3 N–H and O–H groups in total. The average molecular weight is 390 g/mol. The molecule has 1 aliphatic heterocycles. The Morgan fingerprint density at radius 3 is 2.86 bits per heavy atom. The van der Waals surface area contributed by atoms with Gasteiger partial charge in [-0.1, -0.05) is 11.2 Å². The number of nitrogens with two attached hydrogens (primary N) is 1. The lowest BCUT2D eigenvalue weighted by Crippen LogP contribution is -2.26. The highest BCUT2D eigenvalue weighted by Crippen LogP contribution is 2.45. The number of nitrogens with one attached hydrogen (secondary N) is 1. The van der Waals surface area contributed by atoms with E-state index >= 15 is 0 Å². The number of rotatable bonds is 5. The summed E-state index contributed by atoms with van der Waals surface area (Å²) in [5.41, 5.74) is 11.2. The van der Waals surface area contributed by atoms with Crippen molar-refractivity contribution < 1.29 is 9.26 Å². The summed E-state index contributed by atoms with van der Waals surface area (Å²) in [4.78, 5) is 9.37. The van der Waals surface area contributed by atoms with Crippen LogP contribution in [0, 0.1) is 13.8 Å². The maximum absolute atomic E-state index is 6.32. The molecule has 0 radical (unpaired) electrons. The minimum absolute atomic E-state index is 0.0890. The zero-order chi connectivity index (χ0) is 20.0. The van der Waals surface area contributed by atoms with Crippen molar-refractivity contribution in [2.75, 3.05) is 25.0 Å². The van der Waals surface area contributed by atoms with E-state index in [4.69, 9.17) is 20.0 Å². The molecule has 1 aliphatic rings. The topological polar surface area (TPSA) is 104 Å². The van der Waals surface area contributed by atoms with E-state index in [1.165, 1.54) is 0 Å². The Hall–Kier alpha value is -3.39. The van der Waals surface area contributed by atoms with Gasteiger partial charge in [-0.05, 0) is 38.1 Å². The second kappa shape index (κ2) is 6.89. The van der Waals surface area contributed by atoms with Crippen molar-refractivity contribution in [2.45, 2.75) is 19.9 Å². The van der Waals surface area contributed by atoms with Crippen molar-refractivity contribution in [2.24, 2.45) is 5.73 Å². The van der Waals surface area contributed by atoms with Crippen LogP contribution in [0.25, 0.3) is 22.2 Å². The molecule has 1 aromatic carbocycles. The molecule has 29 heavy (non-hydrogen) atoms. The van der Waals surface area contributed by atoms with Crippen molar-refractivity contribution in [3.05, 3.63) is 53.7 Å². The summed E-state index contributed by atoms with van der Waals surface area (Å²) in [6, 6.07) is 9.85. The number of hydrogen-bond donors (Lipinski definition) is 2. The zero-order valence-corrected chi connectivity index (χ0v) is 16.3. The molecule has 8 nitrogen and oxygen atoms in total. The van der Waals surface area contributed by atoms with Gasteiger partial charge < -0.3 is 20.3 Å². The Bertz CT molecular complexity index is 1160. The number of ether oxygens (including phenoxy) is 1. The Labute approximate surface area is 167 Å². The summed E-state index contributed by atoms with van der Waals surface area (Å²) in [6.45, 7) is 5.45. The van der Waals surface area contributed by atoms with Crippen LogP contribution in [-0.4, -0.2) is 39.4 Å². The molecular formula is C21H22N6O2. The normalized spacial score (nSPS) is 15.5. The third-order valence-electron chi connectivity index (χ3n) is 5.26. The Morgan fingerprint density at radius 1 is 1.24 bits per heavy atom. The summed E-state index contributed by atoms with van der Waals surface area (Å²) < 4.78 is 13.9. The zero-order valence-electron chi connectivity index (χ0n) is 16.3. The molecule has 0 amide bonds. The van der Waals surface area contributed by atoms with Crippen LogP contribution in [-0.2, 0) is 0 Å². The molecular weight excluding hydrogens is 368 g/mol. The van der Waals surface area contributed by atoms with Gasteiger partial charge in [0.05, 0.1) is 22.5 Å². The number of anilines is 1. The van der Waals surface area contributed by atoms with E-state index in [9.17, 15) is 0 Å². The highest BCUT2D eigenvalue weighted by Gasteiger charge is 2.31. The van der Waals surface area contributed by atoms with E-state index in [0.29, 0.717) is 19.7 Å². The van der Waals surface area contributed by atoms with Crippen LogP contribution in [0.5, 0.6) is 5.75 Å². The average Bonchev–Trinajstić information content (AvgIpc) is 3.29. The Balaban J connectivity index is 1.77. The molecule has 3 aromatic heterocycles. The first kappa shape index (κ1) is 17.7. The van der Waals surface area contributed by atoms with Gasteiger partial charge in [0.15, 0.2) is 5.75 Å². The van der Waals surface area contributed by atoms with Crippen molar-refractivity contribution in [1.29, 1.82) is 0 Å². The van der Waals surface area contributed by atoms with Gasteiger partial charge in [0.1, 0.15) is 23.9 Å². The Kier molecular flexibility index (Phi) is 4.21. The third-order valence-corrected chi connectivity index (χ3v) is 5.26. The maximum Gasteiger partial charge on any atom is 0.204 e. The van der Waals surface area contributed by atoms with Crippen molar-refractivity contribution >= 4 is 17.0 Å². The highest BCUT2D eigenvalue weighted by molar-refractivity contribution is 5.94. The molecule has 5 rings (SSSR count). The highest BCUT2D eigenvalue weighted by atomic mass is 16.5. The number of aryl methyl sites for hydroxylation is 2. The fourth-order valence-corrected chi connectivity index (χ4v) is 4.01. The van der Waals surface area contributed by atoms with Gasteiger partial charge in [-0.2, -0.15) is 0 Å². The van der Waals surface area contributed by atoms with E-state index < -0.39 is 0 Å².